The Hall–Kier alpha value is 3.99. The molecule has 0 heterocycles. The van der Waals surface area contributed by atoms with Crippen LogP contribution in [0, 0.1) is 0 Å². The summed E-state index contributed by atoms with van der Waals surface area (Å²) in [7, 11) is -18.1. The van der Waals surface area contributed by atoms with Gasteiger partial charge in [0.25, 0.3) is 0 Å². The second-order valence-electron chi connectivity index (χ2n) is 4.52. The first-order chi connectivity index (χ1) is 10.5. The number of aliphatic hydroxyl groups is 3. The summed E-state index contributed by atoms with van der Waals surface area (Å²) in [6, 6.07) is 0. The molecule has 3 N–H and O–H groups in total. The van der Waals surface area contributed by atoms with Crippen molar-refractivity contribution in [3.63, 3.8) is 0 Å². The van der Waals surface area contributed by atoms with Gasteiger partial charge in [0, 0.05) is 0 Å². The molecule has 0 amide bonds. The Bertz CT molecular complexity index is 549. The van der Waals surface area contributed by atoms with E-state index in [1.165, 1.54) is 0 Å². The van der Waals surface area contributed by atoms with Crippen LogP contribution in [-0.2, 0) is 27.3 Å². The first kappa shape index (κ1) is 35.6. The Morgan fingerprint density at radius 2 is 0.741 bits per heavy atom. The number of rotatable bonds is 6. The second kappa shape index (κ2) is 13.6. The zero-order valence-corrected chi connectivity index (χ0v) is 22.5. The van der Waals surface area contributed by atoms with Crippen LogP contribution in [-0.4, -0.2) is 165 Å². The van der Waals surface area contributed by atoms with E-state index < -0.39 is 60.1 Å². The van der Waals surface area contributed by atoms with Gasteiger partial charge in [0.15, 0.2) is 0 Å². The van der Waals surface area contributed by atoms with Gasteiger partial charge in [-0.1, -0.05) is 0 Å². The Kier molecular flexibility index (Phi) is 18.0. The van der Waals surface area contributed by atoms with Crippen LogP contribution >= 0.6 is 23.5 Å². The van der Waals surface area contributed by atoms with Crippen molar-refractivity contribution in [2.45, 2.75) is 36.6 Å². The van der Waals surface area contributed by atoms with Crippen LogP contribution in [0.15, 0.2) is 0 Å². The molecule has 27 heavy (non-hydrogen) atoms. The molecule has 1 saturated carbocycles. The molecule has 0 aromatic heterocycles. The third-order valence-corrected chi connectivity index (χ3v) is 4.28. The average molecular weight is 534 g/mol. The first-order valence-electron chi connectivity index (χ1n) is 5.67. The summed E-state index contributed by atoms with van der Waals surface area (Å²) in [5.41, 5.74) is 0. The van der Waals surface area contributed by atoms with E-state index in [2.05, 4.69) is 13.6 Å². The number of phosphoric ester groups is 3. The van der Waals surface area contributed by atoms with E-state index in [1.54, 1.807) is 0 Å². The molecule has 1 rings (SSSR count). The number of hydrogen-bond donors (Lipinski definition) is 3. The van der Waals surface area contributed by atoms with Crippen LogP contribution in [0.2, 0.25) is 0 Å². The van der Waals surface area contributed by atoms with Gasteiger partial charge in [-0.25, -0.2) is 0 Å². The molecule has 0 saturated heterocycles. The smallest absolute Gasteiger partial charge is 0.790 e. The number of hydrogen-bond acceptors (Lipinski definition) is 15. The Labute approximate surface area is 241 Å². The SMILES string of the molecule is O=P([O-])([O-])OC1C(O)C(O)C(O)C(OP(=O)([O-])[O-])C1OP(=O)([O-])[O-].[Ca+2].[Ca+2].[Ca+2]. The molecule has 1 aliphatic carbocycles. The normalized spacial score (nSPS) is 31.9. The molecule has 0 radical (unpaired) electrons. The Morgan fingerprint density at radius 3 is 0.963 bits per heavy atom. The van der Waals surface area contributed by atoms with E-state index in [4.69, 9.17) is 0 Å². The molecule has 1 aliphatic rings. The van der Waals surface area contributed by atoms with Crippen LogP contribution in [0.25, 0.3) is 0 Å². The van der Waals surface area contributed by atoms with E-state index in [1.807, 2.05) is 0 Å². The monoisotopic (exact) mass is 534 g/mol. The molecule has 0 bridgehead atoms. The van der Waals surface area contributed by atoms with E-state index in [0.717, 1.165) is 0 Å². The standard InChI is InChI=1S/C6H15O15P3.3Ca/c7-1-2(8)4(19-22(10,11)12)6(21-24(16,17)18)5(3(1)9)20-23(13,14)15;;;/h1-9H,(H2,10,11,12)(H2,13,14,15)(H2,16,17,18);;;/q;3*+2/p-6. The van der Waals surface area contributed by atoms with Gasteiger partial charge in [-0.3, -0.25) is 0 Å². The summed E-state index contributed by atoms with van der Waals surface area (Å²) in [5, 5.41) is 28.6. The molecule has 1 fully saturated rings. The van der Waals surface area contributed by atoms with Gasteiger partial charge in [-0.2, -0.15) is 0 Å². The second-order valence-corrected chi connectivity index (χ2v) is 7.84. The summed E-state index contributed by atoms with van der Waals surface area (Å²) in [4.78, 5) is 63.9. The Balaban J connectivity index is -0.00000192. The van der Waals surface area contributed by atoms with Crippen molar-refractivity contribution < 1.29 is 71.9 Å². The zero-order valence-electron chi connectivity index (χ0n) is 13.2. The van der Waals surface area contributed by atoms with E-state index in [-0.39, 0.29) is 113 Å². The largest absolute Gasteiger partial charge is 2.00 e. The maximum atomic E-state index is 10.7. The van der Waals surface area contributed by atoms with Crippen LogP contribution in [0.5, 0.6) is 0 Å². The molecule has 144 valence electrons. The van der Waals surface area contributed by atoms with Crippen molar-refractivity contribution in [3.05, 3.63) is 0 Å². The molecular weight excluding hydrogens is 525 g/mol. The van der Waals surface area contributed by atoms with Crippen molar-refractivity contribution in [2.75, 3.05) is 0 Å². The van der Waals surface area contributed by atoms with Crippen LogP contribution in [0.1, 0.15) is 0 Å². The maximum absolute atomic E-state index is 10.7. The predicted molar refractivity (Wildman–Crippen MR) is 72.7 cm³/mol. The van der Waals surface area contributed by atoms with Crippen molar-refractivity contribution in [1.82, 2.24) is 0 Å². The van der Waals surface area contributed by atoms with Gasteiger partial charge >= 0.3 is 113 Å². The van der Waals surface area contributed by atoms with Crippen molar-refractivity contribution in [2.24, 2.45) is 0 Å². The van der Waals surface area contributed by atoms with Crippen molar-refractivity contribution in [1.29, 1.82) is 0 Å². The van der Waals surface area contributed by atoms with E-state index in [9.17, 15) is 58.4 Å². The fourth-order valence-corrected chi connectivity index (χ4v) is 3.60. The van der Waals surface area contributed by atoms with Crippen molar-refractivity contribution >= 4 is 137 Å². The van der Waals surface area contributed by atoms with Crippen LogP contribution in [0.4, 0.5) is 0 Å². The number of aliphatic hydroxyl groups excluding tert-OH is 3. The van der Waals surface area contributed by atoms with Gasteiger partial charge in [0.2, 0.25) is 0 Å². The number of phosphoric acid groups is 3. The minimum atomic E-state index is -6.06. The minimum absolute atomic E-state index is 0. The minimum Gasteiger partial charge on any atom is -0.790 e. The van der Waals surface area contributed by atoms with E-state index >= 15 is 0 Å². The fourth-order valence-electron chi connectivity index (χ4n) is 1.98. The first-order valence-corrected chi connectivity index (χ1v) is 10.1. The van der Waals surface area contributed by atoms with Crippen LogP contribution < -0.4 is 29.4 Å². The topological polar surface area (TPSA) is 278 Å². The molecule has 0 aromatic carbocycles. The van der Waals surface area contributed by atoms with Gasteiger partial charge in [0.05, 0.1) is 23.5 Å². The zero-order chi connectivity index (χ0) is 19.1. The molecular formula is C6H9Ca3O15P3. The summed E-state index contributed by atoms with van der Waals surface area (Å²) < 4.78 is 43.2. The van der Waals surface area contributed by atoms with Gasteiger partial charge in [-0.15, -0.1) is 0 Å². The molecule has 15 nitrogen and oxygen atoms in total. The van der Waals surface area contributed by atoms with Gasteiger partial charge < -0.3 is 71.9 Å². The van der Waals surface area contributed by atoms with Crippen LogP contribution in [0.3, 0.4) is 0 Å². The fraction of sp³-hybridized carbons (Fsp3) is 1.00. The quantitative estimate of drug-likeness (QED) is 0.211. The summed E-state index contributed by atoms with van der Waals surface area (Å²) in [5.74, 6) is 0. The Morgan fingerprint density at radius 1 is 0.519 bits per heavy atom. The van der Waals surface area contributed by atoms with Crippen molar-refractivity contribution in [3.8, 4) is 0 Å². The van der Waals surface area contributed by atoms with Gasteiger partial charge in [-0.05, 0) is 0 Å². The predicted octanol–water partition coefficient (Wildman–Crippen LogP) is -8.42. The molecule has 4 unspecified atom stereocenters. The molecule has 4 atom stereocenters. The molecule has 0 aliphatic heterocycles. The third kappa shape index (κ3) is 12.7. The summed E-state index contributed by atoms with van der Waals surface area (Å²) in [6.45, 7) is 0. The average Bonchev–Trinajstić information content (AvgIpc) is 2.32. The van der Waals surface area contributed by atoms with Gasteiger partial charge in [0.1, 0.15) is 36.6 Å². The molecule has 0 aromatic rings. The molecule has 0 spiro atoms. The maximum Gasteiger partial charge on any atom is 2.00 e. The third-order valence-electron chi connectivity index (χ3n) is 2.77. The molecule has 21 heteroatoms. The van der Waals surface area contributed by atoms with E-state index in [0.29, 0.717) is 0 Å². The summed E-state index contributed by atoms with van der Waals surface area (Å²) >= 11 is 0. The summed E-state index contributed by atoms with van der Waals surface area (Å²) in [6.07, 6.45) is -15.7.